The van der Waals surface area contributed by atoms with E-state index in [0.29, 0.717) is 6.42 Å². The molecule has 0 saturated carbocycles. The van der Waals surface area contributed by atoms with Gasteiger partial charge in [0.25, 0.3) is 0 Å². The van der Waals surface area contributed by atoms with Crippen molar-refractivity contribution in [1.82, 2.24) is 10.6 Å². The quantitative estimate of drug-likeness (QED) is 0.480. The van der Waals surface area contributed by atoms with Gasteiger partial charge in [0.05, 0.1) is 5.54 Å². The Labute approximate surface area is 80.3 Å². The maximum atomic E-state index is 11.3. The van der Waals surface area contributed by atoms with Crippen LogP contribution in [0, 0.1) is 12.3 Å². The van der Waals surface area contributed by atoms with E-state index >= 15 is 0 Å². The third kappa shape index (κ3) is 6.18. The average Bonchev–Trinajstić information content (AvgIpc) is 2.04. The largest absolute Gasteiger partial charge is 0.340 e. The highest BCUT2D eigenvalue weighted by molar-refractivity contribution is 5.77. The zero-order chi connectivity index (χ0) is 10.3. The molecule has 0 unspecified atom stereocenters. The Balaban J connectivity index is 3.70. The van der Waals surface area contributed by atoms with Crippen LogP contribution < -0.4 is 10.6 Å². The van der Waals surface area contributed by atoms with E-state index in [1.165, 1.54) is 0 Å². The van der Waals surface area contributed by atoms with Gasteiger partial charge in [-0.25, -0.2) is 0 Å². The lowest BCUT2D eigenvalue weighted by Crippen LogP contribution is -2.42. The van der Waals surface area contributed by atoms with Gasteiger partial charge in [-0.15, -0.1) is 6.42 Å². The minimum absolute atomic E-state index is 0.0122. The Morgan fingerprint density at radius 1 is 1.54 bits per heavy atom. The predicted molar refractivity (Wildman–Crippen MR) is 54.2 cm³/mol. The van der Waals surface area contributed by atoms with Crippen LogP contribution in [0.2, 0.25) is 0 Å². The van der Waals surface area contributed by atoms with Gasteiger partial charge in [-0.1, -0.05) is 5.92 Å². The Bertz CT molecular complexity index is 203. The average molecular weight is 182 g/mol. The minimum atomic E-state index is -0.531. The molecule has 0 aliphatic carbocycles. The fourth-order valence-electron chi connectivity index (χ4n) is 0.873. The maximum absolute atomic E-state index is 11.3. The second-order valence-corrected chi connectivity index (χ2v) is 3.52. The number of terminal acetylenes is 1. The van der Waals surface area contributed by atoms with Crippen molar-refractivity contribution in [2.24, 2.45) is 0 Å². The van der Waals surface area contributed by atoms with Crippen LogP contribution in [-0.2, 0) is 4.79 Å². The summed E-state index contributed by atoms with van der Waals surface area (Å²) in [6.07, 6.45) is 6.59. The second kappa shape index (κ2) is 5.60. The molecule has 0 aromatic heterocycles. The lowest BCUT2D eigenvalue weighted by atomic mass is 10.1. The molecule has 0 radical (unpaired) electrons. The molecule has 3 nitrogen and oxygen atoms in total. The van der Waals surface area contributed by atoms with Gasteiger partial charge in [-0.2, -0.15) is 0 Å². The number of hydrogen-bond donors (Lipinski definition) is 2. The number of nitrogens with one attached hydrogen (secondary N) is 2. The van der Waals surface area contributed by atoms with Crippen molar-refractivity contribution < 1.29 is 4.79 Å². The van der Waals surface area contributed by atoms with E-state index in [9.17, 15) is 4.79 Å². The Hall–Kier alpha value is -1.01. The summed E-state index contributed by atoms with van der Waals surface area (Å²) in [6, 6.07) is 0. The molecule has 0 aliphatic heterocycles. The summed E-state index contributed by atoms with van der Waals surface area (Å²) in [6.45, 7) is 4.47. The van der Waals surface area contributed by atoms with E-state index in [1.807, 2.05) is 20.9 Å². The van der Waals surface area contributed by atoms with Crippen molar-refractivity contribution in [2.75, 3.05) is 13.6 Å². The molecule has 0 fully saturated rings. The van der Waals surface area contributed by atoms with E-state index < -0.39 is 5.54 Å². The summed E-state index contributed by atoms with van der Waals surface area (Å²) in [7, 11) is 1.86. The third-order valence-electron chi connectivity index (χ3n) is 1.64. The molecule has 0 bridgehead atoms. The molecule has 0 aromatic rings. The first-order valence-corrected chi connectivity index (χ1v) is 4.45. The lowest BCUT2D eigenvalue weighted by Gasteiger charge is -2.19. The van der Waals surface area contributed by atoms with Gasteiger partial charge in [0.15, 0.2) is 0 Å². The zero-order valence-corrected chi connectivity index (χ0v) is 8.61. The molecule has 74 valence electrons. The molecule has 0 heterocycles. The SMILES string of the molecule is C#CC(C)(C)NC(=O)CCCNC. The molecular weight excluding hydrogens is 164 g/mol. The number of hydrogen-bond acceptors (Lipinski definition) is 2. The molecule has 0 aliphatic rings. The standard InChI is InChI=1S/C10H18N2O/c1-5-10(2,3)12-9(13)7-6-8-11-4/h1,11H,6-8H2,2-4H3,(H,12,13). The van der Waals surface area contributed by atoms with Crippen molar-refractivity contribution in [3.8, 4) is 12.3 Å². The first-order valence-electron chi connectivity index (χ1n) is 4.45. The molecule has 0 saturated heterocycles. The van der Waals surface area contributed by atoms with Gasteiger partial charge < -0.3 is 10.6 Å². The molecular formula is C10H18N2O. The van der Waals surface area contributed by atoms with E-state index in [-0.39, 0.29) is 5.91 Å². The number of carbonyl (C=O) groups excluding carboxylic acids is 1. The monoisotopic (exact) mass is 182 g/mol. The highest BCUT2D eigenvalue weighted by Gasteiger charge is 2.15. The van der Waals surface area contributed by atoms with Gasteiger partial charge in [0, 0.05) is 6.42 Å². The third-order valence-corrected chi connectivity index (χ3v) is 1.64. The van der Waals surface area contributed by atoms with Crippen molar-refractivity contribution in [3.05, 3.63) is 0 Å². The van der Waals surface area contributed by atoms with Crippen LogP contribution in [0.4, 0.5) is 0 Å². The van der Waals surface area contributed by atoms with E-state index in [1.54, 1.807) is 0 Å². The summed E-state index contributed by atoms with van der Waals surface area (Å²) in [5, 5.41) is 5.74. The van der Waals surface area contributed by atoms with Crippen LogP contribution >= 0.6 is 0 Å². The van der Waals surface area contributed by atoms with Crippen molar-refractivity contribution >= 4 is 5.91 Å². The molecule has 0 atom stereocenters. The molecule has 1 amide bonds. The Morgan fingerprint density at radius 3 is 2.62 bits per heavy atom. The van der Waals surface area contributed by atoms with Crippen LogP contribution in [-0.4, -0.2) is 25.0 Å². The molecule has 0 aromatic carbocycles. The van der Waals surface area contributed by atoms with Crippen molar-refractivity contribution in [3.63, 3.8) is 0 Å². The predicted octanol–water partition coefficient (Wildman–Crippen LogP) is 0.514. The molecule has 0 rings (SSSR count). The summed E-state index contributed by atoms with van der Waals surface area (Å²) in [4.78, 5) is 11.3. The highest BCUT2D eigenvalue weighted by atomic mass is 16.1. The number of carbonyl (C=O) groups is 1. The lowest BCUT2D eigenvalue weighted by molar-refractivity contribution is -0.122. The van der Waals surface area contributed by atoms with Crippen LogP contribution in [0.15, 0.2) is 0 Å². The summed E-state index contributed by atoms with van der Waals surface area (Å²) in [5.41, 5.74) is -0.531. The number of rotatable bonds is 5. The zero-order valence-electron chi connectivity index (χ0n) is 8.61. The van der Waals surface area contributed by atoms with Crippen LogP contribution in [0.1, 0.15) is 26.7 Å². The first kappa shape index (κ1) is 12.0. The molecule has 2 N–H and O–H groups in total. The summed E-state index contributed by atoms with van der Waals surface area (Å²) >= 11 is 0. The number of amides is 1. The van der Waals surface area contributed by atoms with Gasteiger partial charge in [-0.3, -0.25) is 4.79 Å². The summed E-state index contributed by atoms with van der Waals surface area (Å²) < 4.78 is 0. The van der Waals surface area contributed by atoms with Gasteiger partial charge in [-0.05, 0) is 33.9 Å². The van der Waals surface area contributed by atoms with Crippen LogP contribution in [0.3, 0.4) is 0 Å². The van der Waals surface area contributed by atoms with Crippen LogP contribution in [0.5, 0.6) is 0 Å². The Kier molecular flexibility index (Phi) is 5.17. The minimum Gasteiger partial charge on any atom is -0.340 e. The maximum Gasteiger partial charge on any atom is 0.221 e. The first-order chi connectivity index (χ1) is 6.02. The van der Waals surface area contributed by atoms with Crippen molar-refractivity contribution in [1.29, 1.82) is 0 Å². The van der Waals surface area contributed by atoms with E-state index in [0.717, 1.165) is 13.0 Å². The highest BCUT2D eigenvalue weighted by Crippen LogP contribution is 2.00. The van der Waals surface area contributed by atoms with E-state index in [2.05, 4.69) is 16.6 Å². The van der Waals surface area contributed by atoms with E-state index in [4.69, 9.17) is 6.42 Å². The van der Waals surface area contributed by atoms with Gasteiger partial charge in [0.2, 0.25) is 5.91 Å². The molecule has 3 heteroatoms. The molecule has 13 heavy (non-hydrogen) atoms. The van der Waals surface area contributed by atoms with Gasteiger partial charge in [0.1, 0.15) is 0 Å². The topological polar surface area (TPSA) is 41.1 Å². The normalized spacial score (nSPS) is 10.6. The van der Waals surface area contributed by atoms with Gasteiger partial charge >= 0.3 is 0 Å². The molecule has 0 spiro atoms. The van der Waals surface area contributed by atoms with Crippen molar-refractivity contribution in [2.45, 2.75) is 32.2 Å². The Morgan fingerprint density at radius 2 is 2.15 bits per heavy atom. The van der Waals surface area contributed by atoms with Crippen LogP contribution in [0.25, 0.3) is 0 Å². The fraction of sp³-hybridized carbons (Fsp3) is 0.700. The summed E-state index contributed by atoms with van der Waals surface area (Å²) in [5.74, 6) is 2.53. The second-order valence-electron chi connectivity index (χ2n) is 3.52. The fourth-order valence-corrected chi connectivity index (χ4v) is 0.873. The smallest absolute Gasteiger partial charge is 0.221 e.